The average Bonchev–Trinajstić information content (AvgIpc) is 2.64. The molecule has 0 aliphatic heterocycles. The van der Waals surface area contributed by atoms with Gasteiger partial charge in [0.15, 0.2) is 0 Å². The minimum absolute atomic E-state index is 0.136. The van der Waals surface area contributed by atoms with Gasteiger partial charge in [-0.05, 0) is 31.5 Å². The minimum Gasteiger partial charge on any atom is -0.459 e. The number of rotatable bonds is 4. The molecule has 90 valence electrons. The van der Waals surface area contributed by atoms with E-state index in [1.807, 2.05) is 6.92 Å². The Morgan fingerprint density at radius 1 is 1.59 bits per heavy atom. The topological polar surface area (TPSA) is 51.2 Å². The molecule has 0 radical (unpaired) electrons. The Balaban J connectivity index is 2.54. The second-order valence-corrected chi connectivity index (χ2v) is 3.98. The first kappa shape index (κ1) is 11.8. The second kappa shape index (κ2) is 4.69. The number of benzene rings is 1. The van der Waals surface area contributed by atoms with E-state index in [1.165, 1.54) is 12.1 Å². The number of aryl methyl sites for hydroxylation is 1. The van der Waals surface area contributed by atoms with Crippen LogP contribution in [0.5, 0.6) is 0 Å². The summed E-state index contributed by atoms with van der Waals surface area (Å²) in [6.45, 7) is 5.57. The molecular formula is C13H15FN2O. The van der Waals surface area contributed by atoms with Crippen LogP contribution in [-0.4, -0.2) is 0 Å². The molecule has 3 N–H and O–H groups in total. The molecule has 1 heterocycles. The monoisotopic (exact) mass is 234 g/mol. The van der Waals surface area contributed by atoms with Gasteiger partial charge in [-0.25, -0.2) is 9.82 Å². The van der Waals surface area contributed by atoms with Crippen LogP contribution in [0.4, 0.5) is 4.39 Å². The molecule has 0 aliphatic carbocycles. The first-order chi connectivity index (χ1) is 8.17. The highest BCUT2D eigenvalue weighted by molar-refractivity contribution is 5.82. The van der Waals surface area contributed by atoms with Crippen LogP contribution in [0.3, 0.4) is 0 Å². The van der Waals surface area contributed by atoms with Gasteiger partial charge in [-0.1, -0.05) is 6.08 Å². The molecule has 1 aromatic carbocycles. The Morgan fingerprint density at radius 2 is 2.35 bits per heavy atom. The summed E-state index contributed by atoms with van der Waals surface area (Å²) in [5.74, 6) is 5.94. The fourth-order valence-electron chi connectivity index (χ4n) is 1.96. The summed E-state index contributed by atoms with van der Waals surface area (Å²) in [5, 5.41) is 0.782. The van der Waals surface area contributed by atoms with Gasteiger partial charge < -0.3 is 4.42 Å². The van der Waals surface area contributed by atoms with E-state index in [2.05, 4.69) is 12.0 Å². The van der Waals surface area contributed by atoms with E-state index in [0.29, 0.717) is 12.0 Å². The van der Waals surface area contributed by atoms with Crippen LogP contribution < -0.4 is 11.3 Å². The molecule has 1 aromatic heterocycles. The highest BCUT2D eigenvalue weighted by Crippen LogP contribution is 2.31. The van der Waals surface area contributed by atoms with Gasteiger partial charge in [0, 0.05) is 10.9 Å². The van der Waals surface area contributed by atoms with Crippen molar-refractivity contribution >= 4 is 11.0 Å². The highest BCUT2D eigenvalue weighted by atomic mass is 19.1. The van der Waals surface area contributed by atoms with E-state index in [0.717, 1.165) is 16.7 Å². The Hall–Kier alpha value is -1.65. The molecule has 2 aromatic rings. The number of nitrogens with one attached hydrogen (secondary N) is 1. The molecule has 17 heavy (non-hydrogen) atoms. The quantitative estimate of drug-likeness (QED) is 0.486. The van der Waals surface area contributed by atoms with Crippen LogP contribution in [-0.2, 0) is 0 Å². The maximum Gasteiger partial charge on any atom is 0.134 e. The van der Waals surface area contributed by atoms with Gasteiger partial charge in [-0.2, -0.15) is 0 Å². The molecule has 0 amide bonds. The molecule has 0 bridgehead atoms. The minimum atomic E-state index is -0.270. The van der Waals surface area contributed by atoms with E-state index < -0.39 is 0 Å². The van der Waals surface area contributed by atoms with Gasteiger partial charge in [-0.3, -0.25) is 5.84 Å². The summed E-state index contributed by atoms with van der Waals surface area (Å²) >= 11 is 0. The highest BCUT2D eigenvalue weighted by Gasteiger charge is 2.18. The molecule has 0 saturated carbocycles. The predicted molar refractivity (Wildman–Crippen MR) is 65.8 cm³/mol. The van der Waals surface area contributed by atoms with Gasteiger partial charge in [0.2, 0.25) is 0 Å². The summed E-state index contributed by atoms with van der Waals surface area (Å²) in [5.41, 5.74) is 4.25. The summed E-state index contributed by atoms with van der Waals surface area (Å²) in [6.07, 6.45) is 2.41. The van der Waals surface area contributed by atoms with Crippen LogP contribution >= 0.6 is 0 Å². The van der Waals surface area contributed by atoms with E-state index in [4.69, 9.17) is 10.3 Å². The van der Waals surface area contributed by atoms with Crippen molar-refractivity contribution in [1.82, 2.24) is 5.43 Å². The molecule has 0 fully saturated rings. The molecule has 2 rings (SSSR count). The molecule has 1 atom stereocenters. The molecule has 1 unspecified atom stereocenters. The number of hydrogen-bond donors (Lipinski definition) is 2. The Kier molecular flexibility index (Phi) is 3.26. The van der Waals surface area contributed by atoms with Crippen molar-refractivity contribution in [1.29, 1.82) is 0 Å². The average molecular weight is 234 g/mol. The van der Waals surface area contributed by atoms with Crippen LogP contribution in [0.25, 0.3) is 11.0 Å². The summed E-state index contributed by atoms with van der Waals surface area (Å²) < 4.78 is 18.9. The zero-order valence-electron chi connectivity index (χ0n) is 9.66. The van der Waals surface area contributed by atoms with Crippen LogP contribution in [0.15, 0.2) is 35.3 Å². The molecule has 0 spiro atoms. The normalized spacial score (nSPS) is 12.9. The fraction of sp³-hybridized carbons (Fsp3) is 0.231. The van der Waals surface area contributed by atoms with Gasteiger partial charge in [0.05, 0.1) is 6.04 Å². The predicted octanol–water partition coefficient (Wildman–Crippen LogP) is 2.96. The molecule has 3 nitrogen and oxygen atoms in total. The van der Waals surface area contributed by atoms with Gasteiger partial charge in [0.25, 0.3) is 0 Å². The lowest BCUT2D eigenvalue weighted by Crippen LogP contribution is -2.27. The number of hydrazine groups is 1. The fourth-order valence-corrected chi connectivity index (χ4v) is 1.96. The summed E-state index contributed by atoms with van der Waals surface area (Å²) in [4.78, 5) is 0. The lowest BCUT2D eigenvalue weighted by atomic mass is 10.1. The van der Waals surface area contributed by atoms with Crippen molar-refractivity contribution in [3.05, 3.63) is 48.0 Å². The zero-order valence-corrected chi connectivity index (χ0v) is 9.66. The largest absolute Gasteiger partial charge is 0.459 e. The molecule has 0 saturated heterocycles. The Labute approximate surface area is 99.1 Å². The van der Waals surface area contributed by atoms with Gasteiger partial charge in [0.1, 0.15) is 17.2 Å². The van der Waals surface area contributed by atoms with Gasteiger partial charge in [-0.15, -0.1) is 6.58 Å². The second-order valence-electron chi connectivity index (χ2n) is 3.98. The SMILES string of the molecule is C=CCC(NN)c1oc2ccc(F)cc2c1C. The first-order valence-electron chi connectivity index (χ1n) is 5.43. The first-order valence-corrected chi connectivity index (χ1v) is 5.43. The van der Waals surface area contributed by atoms with Crippen molar-refractivity contribution in [3.8, 4) is 0 Å². The maximum absolute atomic E-state index is 13.2. The van der Waals surface area contributed by atoms with Crippen molar-refractivity contribution in [2.75, 3.05) is 0 Å². The van der Waals surface area contributed by atoms with Crippen LogP contribution in [0, 0.1) is 12.7 Å². The zero-order chi connectivity index (χ0) is 12.4. The third-order valence-electron chi connectivity index (χ3n) is 2.86. The lowest BCUT2D eigenvalue weighted by molar-refractivity contribution is 0.436. The van der Waals surface area contributed by atoms with Gasteiger partial charge >= 0.3 is 0 Å². The van der Waals surface area contributed by atoms with Crippen molar-refractivity contribution in [2.45, 2.75) is 19.4 Å². The third kappa shape index (κ3) is 2.09. The molecule has 0 aliphatic rings. The lowest BCUT2D eigenvalue weighted by Gasteiger charge is -2.11. The number of furan rings is 1. The number of fused-ring (bicyclic) bond motifs is 1. The smallest absolute Gasteiger partial charge is 0.134 e. The summed E-state index contributed by atoms with van der Waals surface area (Å²) in [7, 11) is 0. The van der Waals surface area contributed by atoms with Crippen molar-refractivity contribution in [2.24, 2.45) is 5.84 Å². The number of nitrogens with two attached hydrogens (primary N) is 1. The molecular weight excluding hydrogens is 219 g/mol. The van der Waals surface area contributed by atoms with E-state index in [-0.39, 0.29) is 11.9 Å². The number of hydrogen-bond acceptors (Lipinski definition) is 3. The van der Waals surface area contributed by atoms with E-state index in [9.17, 15) is 4.39 Å². The van der Waals surface area contributed by atoms with E-state index in [1.54, 1.807) is 12.1 Å². The third-order valence-corrected chi connectivity index (χ3v) is 2.86. The van der Waals surface area contributed by atoms with Crippen molar-refractivity contribution < 1.29 is 8.81 Å². The van der Waals surface area contributed by atoms with E-state index >= 15 is 0 Å². The Bertz CT molecular complexity index is 548. The van der Waals surface area contributed by atoms with Crippen LogP contribution in [0.1, 0.15) is 23.8 Å². The number of halogens is 1. The van der Waals surface area contributed by atoms with Crippen LogP contribution in [0.2, 0.25) is 0 Å². The summed E-state index contributed by atoms with van der Waals surface area (Å²) in [6, 6.07) is 4.35. The maximum atomic E-state index is 13.2. The Morgan fingerprint density at radius 3 is 3.00 bits per heavy atom. The standard InChI is InChI=1S/C13H15FN2O/c1-3-4-11(16-15)13-8(2)10-7-9(14)5-6-12(10)17-13/h3,5-7,11,16H,1,4,15H2,2H3. The van der Waals surface area contributed by atoms with Crippen molar-refractivity contribution in [3.63, 3.8) is 0 Å². The molecule has 4 heteroatoms.